The highest BCUT2D eigenvalue weighted by atomic mass is 16.4. The van der Waals surface area contributed by atoms with Gasteiger partial charge in [-0.2, -0.15) is 0 Å². The first-order valence-corrected chi connectivity index (χ1v) is 7.97. The summed E-state index contributed by atoms with van der Waals surface area (Å²) in [5.41, 5.74) is 2.63. The molecule has 0 aliphatic rings. The normalized spacial score (nSPS) is 10.3. The molecule has 132 valence electrons. The lowest BCUT2D eigenvalue weighted by Gasteiger charge is -2.18. The van der Waals surface area contributed by atoms with Crippen molar-refractivity contribution in [3.05, 3.63) is 77.9 Å². The number of carboxylic acids is 2. The highest BCUT2D eigenvalue weighted by Gasteiger charge is 2.04. The van der Waals surface area contributed by atoms with Crippen LogP contribution in [0.15, 0.2) is 66.7 Å². The Morgan fingerprint density at radius 2 is 1.44 bits per heavy atom. The second-order valence-corrected chi connectivity index (χ2v) is 5.24. The Bertz CT molecular complexity index is 657. The molecular formula is C20H23NO4. The molecule has 0 aromatic heterocycles. The van der Waals surface area contributed by atoms with Gasteiger partial charge in [0.25, 0.3) is 0 Å². The third kappa shape index (κ3) is 9.07. The minimum Gasteiger partial charge on any atom is -0.473 e. The zero-order valence-corrected chi connectivity index (χ0v) is 14.2. The van der Waals surface area contributed by atoms with Crippen molar-refractivity contribution in [1.82, 2.24) is 4.90 Å². The van der Waals surface area contributed by atoms with Gasteiger partial charge in [0.15, 0.2) is 0 Å². The van der Waals surface area contributed by atoms with Gasteiger partial charge in [0.1, 0.15) is 0 Å². The summed E-state index contributed by atoms with van der Waals surface area (Å²) in [5.74, 6) is -3.65. The molecule has 0 aliphatic heterocycles. The van der Waals surface area contributed by atoms with E-state index in [2.05, 4.69) is 78.6 Å². The quantitative estimate of drug-likeness (QED) is 0.788. The minimum atomic E-state index is -1.82. The Labute approximate surface area is 147 Å². The molecule has 5 heteroatoms. The van der Waals surface area contributed by atoms with E-state index < -0.39 is 11.9 Å². The monoisotopic (exact) mass is 341 g/mol. The summed E-state index contributed by atoms with van der Waals surface area (Å²) in [7, 11) is 0. The zero-order valence-electron chi connectivity index (χ0n) is 14.2. The number of likely N-dealkylation sites (N-methyl/N-ethyl adjacent to an activating group) is 1. The molecule has 0 atom stereocenters. The summed E-state index contributed by atoms with van der Waals surface area (Å²) in [4.78, 5) is 20.6. The number of aliphatic carboxylic acids is 2. The summed E-state index contributed by atoms with van der Waals surface area (Å²) in [6.45, 7) is 5.27. The largest absolute Gasteiger partial charge is 0.473 e. The molecule has 0 radical (unpaired) electrons. The van der Waals surface area contributed by atoms with Crippen molar-refractivity contribution in [2.24, 2.45) is 0 Å². The molecule has 0 saturated heterocycles. The molecule has 2 aromatic rings. The average Bonchev–Trinajstić information content (AvgIpc) is 2.63. The highest BCUT2D eigenvalue weighted by Crippen LogP contribution is 2.05. The van der Waals surface area contributed by atoms with E-state index in [0.29, 0.717) is 0 Å². The lowest BCUT2D eigenvalue weighted by atomic mass is 10.2. The summed E-state index contributed by atoms with van der Waals surface area (Å²) >= 11 is 0. The molecule has 0 saturated carbocycles. The number of carboxylic acid groups (broad SMARTS) is 2. The van der Waals surface area contributed by atoms with Crippen LogP contribution in [0.2, 0.25) is 0 Å². The van der Waals surface area contributed by atoms with Gasteiger partial charge < -0.3 is 10.2 Å². The number of hydrogen-bond acceptors (Lipinski definition) is 3. The third-order valence-corrected chi connectivity index (χ3v) is 3.35. The average molecular weight is 341 g/mol. The molecule has 0 amide bonds. The van der Waals surface area contributed by atoms with E-state index in [0.717, 1.165) is 19.6 Å². The number of rotatable bonds is 6. The second-order valence-electron chi connectivity index (χ2n) is 5.24. The van der Waals surface area contributed by atoms with Crippen LogP contribution < -0.4 is 0 Å². The van der Waals surface area contributed by atoms with E-state index >= 15 is 0 Å². The van der Waals surface area contributed by atoms with Crippen LogP contribution in [0, 0.1) is 0 Å². The number of benzene rings is 2. The van der Waals surface area contributed by atoms with Gasteiger partial charge in [0.05, 0.1) is 0 Å². The van der Waals surface area contributed by atoms with Crippen molar-refractivity contribution in [3.8, 4) is 0 Å². The van der Waals surface area contributed by atoms with Gasteiger partial charge in [0, 0.05) is 13.1 Å². The van der Waals surface area contributed by atoms with Crippen LogP contribution in [0.5, 0.6) is 0 Å². The summed E-state index contributed by atoms with van der Waals surface area (Å²) in [5, 5.41) is 14.8. The molecule has 0 spiro atoms. The minimum absolute atomic E-state index is 0.986. The van der Waals surface area contributed by atoms with Crippen LogP contribution in [-0.2, 0) is 16.1 Å². The second kappa shape index (κ2) is 11.6. The van der Waals surface area contributed by atoms with Crippen molar-refractivity contribution >= 4 is 18.0 Å². The first kappa shape index (κ1) is 20.1. The van der Waals surface area contributed by atoms with Gasteiger partial charge in [-0.15, -0.1) is 0 Å². The first-order chi connectivity index (χ1) is 12.0. The molecule has 5 nitrogen and oxygen atoms in total. The predicted molar refractivity (Wildman–Crippen MR) is 98.1 cm³/mol. The van der Waals surface area contributed by atoms with Gasteiger partial charge in [-0.25, -0.2) is 9.59 Å². The van der Waals surface area contributed by atoms with Gasteiger partial charge in [-0.05, 0) is 17.7 Å². The van der Waals surface area contributed by atoms with Crippen LogP contribution in [0.1, 0.15) is 18.1 Å². The fourth-order valence-corrected chi connectivity index (χ4v) is 2.05. The van der Waals surface area contributed by atoms with Crippen molar-refractivity contribution in [1.29, 1.82) is 0 Å². The summed E-state index contributed by atoms with van der Waals surface area (Å²) < 4.78 is 0. The first-order valence-electron chi connectivity index (χ1n) is 7.97. The Kier molecular flexibility index (Phi) is 9.33. The van der Waals surface area contributed by atoms with Crippen LogP contribution in [0.25, 0.3) is 6.08 Å². The fraction of sp³-hybridized carbons (Fsp3) is 0.200. The zero-order chi connectivity index (χ0) is 18.5. The van der Waals surface area contributed by atoms with E-state index in [-0.39, 0.29) is 0 Å². The van der Waals surface area contributed by atoms with E-state index in [4.69, 9.17) is 19.8 Å². The van der Waals surface area contributed by atoms with E-state index in [1.807, 2.05) is 6.07 Å². The third-order valence-electron chi connectivity index (χ3n) is 3.35. The van der Waals surface area contributed by atoms with Crippen molar-refractivity contribution in [2.45, 2.75) is 13.5 Å². The molecule has 0 unspecified atom stereocenters. The molecule has 2 aromatic carbocycles. The van der Waals surface area contributed by atoms with Crippen LogP contribution in [-0.4, -0.2) is 40.1 Å². The maximum Gasteiger partial charge on any atom is 0.414 e. The lowest BCUT2D eigenvalue weighted by Crippen LogP contribution is -2.22. The number of nitrogens with zero attached hydrogens (tertiary/aromatic N) is 1. The molecule has 0 heterocycles. The molecule has 0 aliphatic carbocycles. The smallest absolute Gasteiger partial charge is 0.414 e. The fourth-order valence-electron chi connectivity index (χ4n) is 2.05. The SMILES string of the molecule is CCN(C/C=C/c1ccccc1)Cc1ccccc1.O=C(O)C(=O)O. The number of carbonyl (C=O) groups is 2. The molecule has 25 heavy (non-hydrogen) atoms. The van der Waals surface area contributed by atoms with Crippen molar-refractivity contribution in [2.75, 3.05) is 13.1 Å². The van der Waals surface area contributed by atoms with Crippen LogP contribution in [0.4, 0.5) is 0 Å². The standard InChI is InChI=1S/C18H21N.C2H2O4/c1-2-19(16-18-12-7-4-8-13-18)15-9-14-17-10-5-3-6-11-17;3-1(4)2(5)6/h3-14H,2,15-16H2,1H3;(H,3,4)(H,5,6)/b14-9+;. The topological polar surface area (TPSA) is 77.8 Å². The van der Waals surface area contributed by atoms with Crippen LogP contribution in [0.3, 0.4) is 0 Å². The van der Waals surface area contributed by atoms with Gasteiger partial charge >= 0.3 is 11.9 Å². The Morgan fingerprint density at radius 1 is 0.920 bits per heavy atom. The van der Waals surface area contributed by atoms with Gasteiger partial charge in [-0.3, -0.25) is 4.90 Å². The Hall–Kier alpha value is -2.92. The van der Waals surface area contributed by atoms with Crippen molar-refractivity contribution < 1.29 is 19.8 Å². The van der Waals surface area contributed by atoms with Gasteiger partial charge in [0.2, 0.25) is 0 Å². The van der Waals surface area contributed by atoms with Crippen molar-refractivity contribution in [3.63, 3.8) is 0 Å². The predicted octanol–water partition coefficient (Wildman–Crippen LogP) is 3.38. The maximum atomic E-state index is 9.10. The lowest BCUT2D eigenvalue weighted by molar-refractivity contribution is -0.159. The Morgan fingerprint density at radius 3 is 1.92 bits per heavy atom. The molecular weight excluding hydrogens is 318 g/mol. The molecule has 0 fully saturated rings. The Balaban J connectivity index is 0.000000450. The maximum absolute atomic E-state index is 9.10. The molecule has 0 bridgehead atoms. The van der Waals surface area contributed by atoms with E-state index in [1.54, 1.807) is 0 Å². The van der Waals surface area contributed by atoms with E-state index in [9.17, 15) is 0 Å². The van der Waals surface area contributed by atoms with E-state index in [1.165, 1.54) is 11.1 Å². The molecule has 2 rings (SSSR count). The summed E-state index contributed by atoms with van der Waals surface area (Å²) in [6, 6.07) is 21.1. The van der Waals surface area contributed by atoms with Gasteiger partial charge in [-0.1, -0.05) is 79.7 Å². The summed E-state index contributed by atoms with van der Waals surface area (Å²) in [6.07, 6.45) is 4.43. The molecule has 2 N–H and O–H groups in total. The number of hydrogen-bond donors (Lipinski definition) is 2. The van der Waals surface area contributed by atoms with Crippen LogP contribution >= 0.6 is 0 Å². The highest BCUT2D eigenvalue weighted by molar-refractivity contribution is 6.27.